The Morgan fingerprint density at radius 2 is 1.83 bits per heavy atom. The van der Waals surface area contributed by atoms with Crippen molar-refractivity contribution in [3.05, 3.63) is 92.9 Å². The summed E-state index contributed by atoms with van der Waals surface area (Å²) < 4.78 is 12.2. The number of pyridine rings is 1. The van der Waals surface area contributed by atoms with Crippen molar-refractivity contribution in [2.24, 2.45) is 0 Å². The summed E-state index contributed by atoms with van der Waals surface area (Å²) in [6.45, 7) is 3.83. The number of aliphatic carboxylic acids is 1. The maximum Gasteiger partial charge on any atom is 0.319 e. The lowest BCUT2D eigenvalue weighted by molar-refractivity contribution is -0.137. The monoisotopic (exact) mass is 579 g/mol. The number of hydrogen-bond acceptors (Lipinski definition) is 6. The van der Waals surface area contributed by atoms with Crippen molar-refractivity contribution in [1.29, 1.82) is 0 Å². The van der Waals surface area contributed by atoms with E-state index in [0.29, 0.717) is 39.8 Å². The first-order chi connectivity index (χ1) is 19.6. The van der Waals surface area contributed by atoms with Crippen molar-refractivity contribution >= 4 is 40.1 Å². The molecule has 0 aliphatic carbocycles. The second-order valence-electron chi connectivity index (χ2n) is 9.34. The molecule has 0 unspecified atom stereocenters. The molecule has 0 spiro atoms. The van der Waals surface area contributed by atoms with E-state index in [4.69, 9.17) is 21.1 Å². The molecule has 2 amide bonds. The van der Waals surface area contributed by atoms with Crippen LogP contribution in [0.5, 0.6) is 17.2 Å². The maximum absolute atomic E-state index is 13.4. The number of aryl methyl sites for hydroxylation is 1. The van der Waals surface area contributed by atoms with Crippen molar-refractivity contribution in [3.8, 4) is 17.2 Å². The van der Waals surface area contributed by atoms with E-state index in [0.717, 1.165) is 10.8 Å². The van der Waals surface area contributed by atoms with Crippen LogP contribution in [0.4, 0.5) is 10.5 Å². The number of halogens is 1. The van der Waals surface area contributed by atoms with Crippen LogP contribution in [0.3, 0.4) is 0 Å². The summed E-state index contributed by atoms with van der Waals surface area (Å²) in [7, 11) is 1.57. The number of carbonyl (C=O) groups is 2. The average molecular weight is 580 g/mol. The second kappa shape index (κ2) is 12.6. The van der Waals surface area contributed by atoms with Crippen LogP contribution in [0.2, 0.25) is 5.02 Å². The number of nitrogens with one attached hydrogen (secondary N) is 2. The summed E-state index contributed by atoms with van der Waals surface area (Å²) in [6.07, 6.45) is 1.04. The molecular formula is C30H30ClN3O7. The predicted molar refractivity (Wildman–Crippen MR) is 156 cm³/mol. The maximum atomic E-state index is 13.4. The number of methoxy groups -OCH3 is 1. The predicted octanol–water partition coefficient (Wildman–Crippen LogP) is 5.46. The number of amides is 2. The van der Waals surface area contributed by atoms with Gasteiger partial charge in [0.2, 0.25) is 0 Å². The van der Waals surface area contributed by atoms with Gasteiger partial charge >= 0.3 is 12.0 Å². The Balaban J connectivity index is 1.62. The summed E-state index contributed by atoms with van der Waals surface area (Å²) in [4.78, 5) is 38.1. The summed E-state index contributed by atoms with van der Waals surface area (Å²) in [6, 6.07) is 14.1. The molecule has 10 nitrogen and oxygen atoms in total. The number of benzene rings is 3. The average Bonchev–Trinajstić information content (AvgIpc) is 2.94. The van der Waals surface area contributed by atoms with Crippen LogP contribution < -0.4 is 25.7 Å². The summed E-state index contributed by atoms with van der Waals surface area (Å²) in [5.74, 6) is -0.344. The number of aromatic nitrogens is 1. The highest BCUT2D eigenvalue weighted by atomic mass is 35.5. The van der Waals surface area contributed by atoms with Crippen LogP contribution in [0, 0.1) is 6.92 Å². The van der Waals surface area contributed by atoms with Gasteiger partial charge in [-0.1, -0.05) is 35.9 Å². The Bertz CT molecular complexity index is 1670. The SMILES string of the molecule is CCOc1cccc(Cl)c1Cn1cc(C)c(O)c(NC(=O)N[C@@H](CC(=O)O)c2ccc3cc(OC)ccc3c2)c1=O. The Kier molecular flexibility index (Phi) is 9.04. The largest absolute Gasteiger partial charge is 0.505 e. The molecule has 1 atom stereocenters. The normalized spacial score (nSPS) is 11.6. The number of hydrogen-bond donors (Lipinski definition) is 4. The lowest BCUT2D eigenvalue weighted by Crippen LogP contribution is -2.36. The van der Waals surface area contributed by atoms with Gasteiger partial charge < -0.3 is 34.9 Å². The molecule has 4 rings (SSSR count). The molecule has 0 saturated heterocycles. The smallest absolute Gasteiger partial charge is 0.319 e. The van der Waals surface area contributed by atoms with Gasteiger partial charge in [-0.25, -0.2) is 4.79 Å². The summed E-state index contributed by atoms with van der Waals surface area (Å²) in [5.41, 5.74) is 0.409. The molecule has 0 radical (unpaired) electrons. The van der Waals surface area contributed by atoms with Crippen LogP contribution in [-0.4, -0.2) is 40.5 Å². The van der Waals surface area contributed by atoms with Gasteiger partial charge in [-0.15, -0.1) is 0 Å². The lowest BCUT2D eigenvalue weighted by Gasteiger charge is -2.20. The van der Waals surface area contributed by atoms with Crippen molar-refractivity contribution in [2.75, 3.05) is 19.0 Å². The van der Waals surface area contributed by atoms with Crippen LogP contribution in [0.1, 0.15) is 36.1 Å². The van der Waals surface area contributed by atoms with E-state index in [2.05, 4.69) is 10.6 Å². The quantitative estimate of drug-likeness (QED) is 0.195. The fraction of sp³-hybridized carbons (Fsp3) is 0.233. The Morgan fingerprint density at radius 1 is 1.10 bits per heavy atom. The number of anilines is 1. The molecule has 214 valence electrons. The van der Waals surface area contributed by atoms with Crippen molar-refractivity contribution in [2.45, 2.75) is 32.9 Å². The van der Waals surface area contributed by atoms with E-state index in [-0.39, 0.29) is 12.2 Å². The van der Waals surface area contributed by atoms with E-state index < -0.39 is 35.8 Å². The zero-order chi connectivity index (χ0) is 29.7. The second-order valence-corrected chi connectivity index (χ2v) is 9.75. The first-order valence-electron chi connectivity index (χ1n) is 12.8. The fourth-order valence-corrected chi connectivity index (χ4v) is 4.73. The number of carbonyl (C=O) groups excluding carboxylic acids is 1. The molecule has 3 aromatic carbocycles. The van der Waals surface area contributed by atoms with Gasteiger partial charge in [0, 0.05) is 22.3 Å². The first kappa shape index (κ1) is 29.3. The number of fused-ring (bicyclic) bond motifs is 1. The number of aromatic hydroxyl groups is 1. The molecule has 4 N–H and O–H groups in total. The minimum atomic E-state index is -1.13. The Morgan fingerprint density at radius 3 is 2.54 bits per heavy atom. The van der Waals surface area contributed by atoms with Crippen LogP contribution >= 0.6 is 11.6 Å². The molecule has 11 heteroatoms. The van der Waals surface area contributed by atoms with Crippen molar-refractivity contribution in [3.63, 3.8) is 0 Å². The van der Waals surface area contributed by atoms with Crippen molar-refractivity contribution < 1.29 is 29.3 Å². The number of carboxylic acid groups (broad SMARTS) is 1. The first-order valence-corrected chi connectivity index (χ1v) is 13.2. The van der Waals surface area contributed by atoms with Crippen LogP contribution in [-0.2, 0) is 11.3 Å². The van der Waals surface area contributed by atoms with Gasteiger partial charge in [0.25, 0.3) is 5.56 Å². The third-order valence-corrected chi connectivity index (χ3v) is 6.89. The molecule has 0 saturated carbocycles. The lowest BCUT2D eigenvalue weighted by atomic mass is 9.99. The minimum Gasteiger partial charge on any atom is -0.505 e. The van der Waals surface area contributed by atoms with Gasteiger partial charge in [-0.05, 0) is 60.5 Å². The van der Waals surface area contributed by atoms with Gasteiger partial charge in [-0.2, -0.15) is 0 Å². The number of urea groups is 1. The highest BCUT2D eigenvalue weighted by molar-refractivity contribution is 6.31. The van der Waals surface area contributed by atoms with Gasteiger partial charge in [0.15, 0.2) is 5.69 Å². The van der Waals surface area contributed by atoms with E-state index >= 15 is 0 Å². The molecule has 1 aromatic heterocycles. The Labute approximate surface area is 241 Å². The van der Waals surface area contributed by atoms with E-state index in [1.165, 1.54) is 10.8 Å². The summed E-state index contributed by atoms with van der Waals surface area (Å²) >= 11 is 6.39. The highest BCUT2D eigenvalue weighted by Crippen LogP contribution is 2.30. The zero-order valence-electron chi connectivity index (χ0n) is 22.7. The molecule has 0 aliphatic heterocycles. The number of nitrogens with zero attached hydrogens (tertiary/aromatic N) is 1. The number of rotatable bonds is 10. The zero-order valence-corrected chi connectivity index (χ0v) is 23.5. The third-order valence-electron chi connectivity index (χ3n) is 6.54. The molecule has 1 heterocycles. The van der Waals surface area contributed by atoms with Gasteiger partial charge in [0.05, 0.1) is 32.7 Å². The molecule has 0 aliphatic rings. The number of ether oxygens (including phenoxy) is 2. The molecule has 41 heavy (non-hydrogen) atoms. The molecular weight excluding hydrogens is 550 g/mol. The minimum absolute atomic E-state index is 0.0226. The van der Waals surface area contributed by atoms with E-state index in [9.17, 15) is 24.6 Å². The van der Waals surface area contributed by atoms with Crippen LogP contribution in [0.15, 0.2) is 65.6 Å². The van der Waals surface area contributed by atoms with Gasteiger partial charge in [0.1, 0.15) is 17.2 Å². The fourth-order valence-electron chi connectivity index (χ4n) is 4.50. The van der Waals surface area contributed by atoms with E-state index in [1.807, 2.05) is 19.1 Å². The van der Waals surface area contributed by atoms with E-state index in [1.54, 1.807) is 56.5 Å². The molecule has 4 aromatic rings. The molecule has 0 fully saturated rings. The third kappa shape index (κ3) is 6.72. The standard InChI is InChI=1S/C30H30ClN3O7/c1-4-41-25-7-5-6-23(31)22(25)16-34-15-17(2)28(37)27(29(34)38)33-30(39)32-24(14-26(35)36)20-9-8-19-13-21(40-3)11-10-18(19)12-20/h5-13,15,24,37H,4,14,16H2,1-3H3,(H,35,36)(H2,32,33,39)/t24-/m0/s1. The van der Waals surface area contributed by atoms with Crippen LogP contribution in [0.25, 0.3) is 10.8 Å². The summed E-state index contributed by atoms with van der Waals surface area (Å²) in [5, 5.41) is 27.3. The number of carboxylic acids is 1. The van der Waals surface area contributed by atoms with Gasteiger partial charge in [-0.3, -0.25) is 9.59 Å². The topological polar surface area (TPSA) is 139 Å². The molecule has 0 bridgehead atoms. The highest BCUT2D eigenvalue weighted by Gasteiger charge is 2.22. The van der Waals surface area contributed by atoms with Crippen molar-refractivity contribution in [1.82, 2.24) is 9.88 Å². The Hall–Kier alpha value is -4.70.